The Bertz CT molecular complexity index is 729. The monoisotopic (exact) mass is 375 g/mol. The van der Waals surface area contributed by atoms with Crippen LogP contribution in [0.1, 0.15) is 37.7 Å². The van der Waals surface area contributed by atoms with Gasteiger partial charge in [0.05, 0.1) is 11.6 Å². The van der Waals surface area contributed by atoms with Crippen LogP contribution in [0.15, 0.2) is 18.2 Å². The fourth-order valence-electron chi connectivity index (χ4n) is 4.49. The molecule has 0 spiro atoms. The van der Waals surface area contributed by atoms with Gasteiger partial charge >= 0.3 is 12.0 Å². The van der Waals surface area contributed by atoms with Gasteiger partial charge in [0.2, 0.25) is 0 Å². The van der Waals surface area contributed by atoms with Crippen LogP contribution in [0.3, 0.4) is 0 Å². The molecule has 4 rings (SSSR count). The summed E-state index contributed by atoms with van der Waals surface area (Å²) < 4.78 is 14.7. The molecule has 3 aliphatic rings. The Labute approximate surface area is 158 Å². The van der Waals surface area contributed by atoms with E-state index in [1.54, 1.807) is 11.0 Å². The van der Waals surface area contributed by atoms with Gasteiger partial charge in [0.1, 0.15) is 5.82 Å². The molecule has 1 aromatic rings. The summed E-state index contributed by atoms with van der Waals surface area (Å²) in [5, 5.41) is 8.93. The summed E-state index contributed by atoms with van der Waals surface area (Å²) in [7, 11) is 0. The van der Waals surface area contributed by atoms with Gasteiger partial charge < -0.3 is 10.0 Å². The normalized spacial score (nSPS) is 22.3. The third-order valence-electron chi connectivity index (χ3n) is 6.07. The van der Waals surface area contributed by atoms with Crippen molar-refractivity contribution in [3.8, 4) is 0 Å². The Hall–Kier alpha value is -2.15. The average molecular weight is 375 g/mol. The molecule has 0 aromatic heterocycles. The first-order valence-electron chi connectivity index (χ1n) is 9.84. The first-order valence-corrected chi connectivity index (χ1v) is 9.84. The van der Waals surface area contributed by atoms with Gasteiger partial charge in [0, 0.05) is 38.8 Å². The Balaban J connectivity index is 1.39. The summed E-state index contributed by atoms with van der Waals surface area (Å²) in [6.07, 6.45) is 5.67. The van der Waals surface area contributed by atoms with Crippen molar-refractivity contribution in [1.29, 1.82) is 0 Å². The Kier molecular flexibility index (Phi) is 5.04. The van der Waals surface area contributed by atoms with Crippen LogP contribution < -0.4 is 4.90 Å². The molecule has 2 amide bonds. The van der Waals surface area contributed by atoms with E-state index >= 15 is 0 Å². The summed E-state index contributed by atoms with van der Waals surface area (Å²) in [6.45, 7) is 2.72. The van der Waals surface area contributed by atoms with Crippen molar-refractivity contribution in [1.82, 2.24) is 9.80 Å². The summed E-state index contributed by atoms with van der Waals surface area (Å²) in [4.78, 5) is 29.1. The molecule has 1 aliphatic carbocycles. The molecule has 3 fully saturated rings. The van der Waals surface area contributed by atoms with Gasteiger partial charge in [0.15, 0.2) is 0 Å². The highest BCUT2D eigenvalue weighted by Gasteiger charge is 2.36. The van der Waals surface area contributed by atoms with Crippen molar-refractivity contribution in [2.75, 3.05) is 31.1 Å². The smallest absolute Gasteiger partial charge is 0.324 e. The first-order chi connectivity index (χ1) is 13.0. The van der Waals surface area contributed by atoms with E-state index in [9.17, 15) is 14.0 Å². The third kappa shape index (κ3) is 3.65. The van der Waals surface area contributed by atoms with Gasteiger partial charge in [0.25, 0.3) is 0 Å². The van der Waals surface area contributed by atoms with Crippen LogP contribution in [0.25, 0.3) is 0 Å². The molecule has 6 nitrogen and oxygen atoms in total. The number of hydrogen-bond acceptors (Lipinski definition) is 3. The number of likely N-dealkylation sites (tertiary alicyclic amines) is 1. The molecule has 1 aromatic carbocycles. The first kappa shape index (κ1) is 18.2. The minimum Gasteiger partial charge on any atom is -0.481 e. The Morgan fingerprint density at radius 3 is 2.56 bits per heavy atom. The molecule has 7 heteroatoms. The van der Waals surface area contributed by atoms with Gasteiger partial charge in [-0.1, -0.05) is 25.3 Å². The molecule has 1 saturated carbocycles. The van der Waals surface area contributed by atoms with Crippen molar-refractivity contribution in [3.63, 3.8) is 0 Å². The minimum absolute atomic E-state index is 0.0828. The van der Waals surface area contributed by atoms with E-state index < -0.39 is 5.97 Å². The van der Waals surface area contributed by atoms with E-state index in [-0.39, 0.29) is 17.8 Å². The van der Waals surface area contributed by atoms with Gasteiger partial charge in [-0.2, -0.15) is 0 Å². The molecule has 1 N–H and O–H groups in total. The second-order valence-electron chi connectivity index (χ2n) is 7.93. The lowest BCUT2D eigenvalue weighted by Gasteiger charge is -2.36. The standard InChI is InChI=1S/C20H26FN3O3/c21-17-10-14(11-22-12-15(13-22)19(25)26)6-7-18(17)24-9-8-23(20(24)27)16-4-2-1-3-5-16/h6-7,10,15-16H,1-5,8-9,11-13H2,(H,25,26). The van der Waals surface area contributed by atoms with Crippen LogP contribution in [0.5, 0.6) is 0 Å². The predicted octanol–water partition coefficient (Wildman–Crippen LogP) is 2.92. The Morgan fingerprint density at radius 1 is 1.15 bits per heavy atom. The number of halogens is 1. The van der Waals surface area contributed by atoms with E-state index in [0.717, 1.165) is 31.2 Å². The van der Waals surface area contributed by atoms with E-state index in [4.69, 9.17) is 5.11 Å². The summed E-state index contributed by atoms with van der Waals surface area (Å²) in [6, 6.07) is 5.21. The van der Waals surface area contributed by atoms with Gasteiger partial charge in [-0.3, -0.25) is 14.6 Å². The van der Waals surface area contributed by atoms with Gasteiger partial charge in [-0.25, -0.2) is 9.18 Å². The van der Waals surface area contributed by atoms with Gasteiger partial charge in [-0.15, -0.1) is 0 Å². The van der Waals surface area contributed by atoms with E-state index in [1.165, 1.54) is 12.5 Å². The van der Waals surface area contributed by atoms with Crippen molar-refractivity contribution in [2.45, 2.75) is 44.7 Å². The third-order valence-corrected chi connectivity index (χ3v) is 6.07. The van der Waals surface area contributed by atoms with E-state index in [0.29, 0.717) is 44.5 Å². The number of carboxylic acid groups (broad SMARTS) is 1. The number of benzene rings is 1. The summed E-state index contributed by atoms with van der Waals surface area (Å²) in [5.41, 5.74) is 1.14. The number of amides is 2. The molecule has 27 heavy (non-hydrogen) atoms. The van der Waals surface area contributed by atoms with Crippen molar-refractivity contribution in [2.24, 2.45) is 5.92 Å². The highest BCUT2D eigenvalue weighted by atomic mass is 19.1. The van der Waals surface area contributed by atoms with Crippen LogP contribution in [0.4, 0.5) is 14.9 Å². The zero-order valence-electron chi connectivity index (χ0n) is 15.4. The zero-order valence-corrected chi connectivity index (χ0v) is 15.4. The number of hydrogen-bond donors (Lipinski definition) is 1. The lowest BCUT2D eigenvalue weighted by molar-refractivity contribution is -0.147. The maximum absolute atomic E-state index is 14.7. The number of anilines is 1. The van der Waals surface area contributed by atoms with Crippen LogP contribution in [-0.2, 0) is 11.3 Å². The SMILES string of the molecule is O=C(O)C1CN(Cc2ccc(N3CCN(C4CCCCC4)C3=O)c(F)c2)C1. The van der Waals surface area contributed by atoms with Gasteiger partial charge in [-0.05, 0) is 30.5 Å². The van der Waals surface area contributed by atoms with E-state index in [2.05, 4.69) is 0 Å². The minimum atomic E-state index is -0.775. The van der Waals surface area contributed by atoms with Crippen LogP contribution >= 0.6 is 0 Å². The number of carboxylic acids is 1. The second-order valence-corrected chi connectivity index (χ2v) is 7.93. The number of urea groups is 1. The van der Waals surface area contributed by atoms with Crippen molar-refractivity contribution in [3.05, 3.63) is 29.6 Å². The number of aliphatic carboxylic acids is 1. The Morgan fingerprint density at radius 2 is 1.89 bits per heavy atom. The molecular weight excluding hydrogens is 349 g/mol. The zero-order chi connectivity index (χ0) is 19.0. The predicted molar refractivity (Wildman–Crippen MR) is 99.1 cm³/mol. The van der Waals surface area contributed by atoms with Crippen LogP contribution in [0.2, 0.25) is 0 Å². The topological polar surface area (TPSA) is 64.1 Å². The molecule has 0 bridgehead atoms. The molecule has 0 radical (unpaired) electrons. The highest BCUT2D eigenvalue weighted by molar-refractivity contribution is 5.94. The fraction of sp³-hybridized carbons (Fsp3) is 0.600. The van der Waals surface area contributed by atoms with Crippen molar-refractivity contribution >= 4 is 17.7 Å². The van der Waals surface area contributed by atoms with Crippen LogP contribution in [0, 0.1) is 11.7 Å². The number of nitrogens with zero attached hydrogens (tertiary/aromatic N) is 3. The lowest BCUT2D eigenvalue weighted by atomic mass is 9.94. The number of carbonyl (C=O) groups is 2. The van der Waals surface area contributed by atoms with Crippen LogP contribution in [-0.4, -0.2) is 59.1 Å². The average Bonchev–Trinajstić information content (AvgIpc) is 2.99. The van der Waals surface area contributed by atoms with E-state index in [1.807, 2.05) is 15.9 Å². The number of carbonyl (C=O) groups excluding carboxylic acids is 1. The molecule has 0 unspecified atom stereocenters. The summed E-state index contributed by atoms with van der Waals surface area (Å²) >= 11 is 0. The second kappa shape index (κ2) is 7.46. The fourth-order valence-corrected chi connectivity index (χ4v) is 4.49. The van der Waals surface area contributed by atoms with Crippen molar-refractivity contribution < 1.29 is 19.1 Å². The molecule has 2 saturated heterocycles. The maximum atomic E-state index is 14.7. The highest BCUT2D eigenvalue weighted by Crippen LogP contribution is 2.30. The molecule has 146 valence electrons. The quantitative estimate of drug-likeness (QED) is 0.860. The molecule has 0 atom stereocenters. The summed E-state index contributed by atoms with van der Waals surface area (Å²) in [5.74, 6) is -1.48. The lowest BCUT2D eigenvalue weighted by Crippen LogP contribution is -2.49. The maximum Gasteiger partial charge on any atom is 0.324 e. The molecular formula is C20H26FN3O3. The number of rotatable bonds is 5. The molecule has 2 aliphatic heterocycles. The largest absolute Gasteiger partial charge is 0.481 e. The molecule has 2 heterocycles.